The van der Waals surface area contributed by atoms with Gasteiger partial charge in [0.2, 0.25) is 17.7 Å². The van der Waals surface area contributed by atoms with Gasteiger partial charge in [0.25, 0.3) is 0 Å². The third-order valence-electron chi connectivity index (χ3n) is 4.50. The molecule has 17 heteroatoms. The van der Waals surface area contributed by atoms with E-state index < -0.39 is 47.9 Å². The van der Waals surface area contributed by atoms with E-state index in [4.69, 9.17) is 28.7 Å². The van der Waals surface area contributed by atoms with Crippen molar-refractivity contribution in [2.45, 2.75) is 49.9 Å². The predicted octanol–water partition coefficient (Wildman–Crippen LogP) is -4.18. The van der Waals surface area contributed by atoms with Crippen LogP contribution in [0.1, 0.15) is 25.7 Å². The molecule has 15 nitrogen and oxygen atoms in total. The number of guanidine groups is 2. The summed E-state index contributed by atoms with van der Waals surface area (Å²) >= 11 is 8.12. The maximum atomic E-state index is 12.6. The lowest BCUT2D eigenvalue weighted by Gasteiger charge is -2.23. The summed E-state index contributed by atoms with van der Waals surface area (Å²) in [6, 6.07) is -4.41. The number of aliphatic carboxylic acids is 1. The first-order valence-corrected chi connectivity index (χ1v) is 11.9. The molecule has 0 radical (unpaired) electrons. The maximum Gasteiger partial charge on any atom is 0.326 e. The molecule has 0 saturated carbocycles. The number of carboxylic acids is 1. The Labute approximate surface area is 214 Å². The zero-order valence-electron chi connectivity index (χ0n) is 19.2. The number of carbonyl (C=O) groups excluding carboxylic acids is 3. The lowest BCUT2D eigenvalue weighted by molar-refractivity contribution is -0.142. The Bertz CT molecular complexity index is 775. The van der Waals surface area contributed by atoms with Gasteiger partial charge in [-0.05, 0) is 25.7 Å². The van der Waals surface area contributed by atoms with Crippen LogP contribution < -0.4 is 44.6 Å². The van der Waals surface area contributed by atoms with Crippen molar-refractivity contribution in [1.82, 2.24) is 16.0 Å². The molecular weight excluding hydrogens is 500 g/mol. The summed E-state index contributed by atoms with van der Waals surface area (Å²) in [6.45, 7) is 0.485. The van der Waals surface area contributed by atoms with Crippen molar-refractivity contribution in [1.29, 1.82) is 0 Å². The molecule has 0 aromatic heterocycles. The summed E-state index contributed by atoms with van der Waals surface area (Å²) < 4.78 is 0. The number of nitrogens with two attached hydrogens (primary N) is 5. The largest absolute Gasteiger partial charge is 0.480 e. The fourth-order valence-electron chi connectivity index (χ4n) is 2.62. The lowest BCUT2D eigenvalue weighted by atomic mass is 10.1. The minimum absolute atomic E-state index is 0.0570. The summed E-state index contributed by atoms with van der Waals surface area (Å²) in [5, 5.41) is 16.6. The van der Waals surface area contributed by atoms with Gasteiger partial charge in [-0.1, -0.05) is 0 Å². The molecule has 35 heavy (non-hydrogen) atoms. The van der Waals surface area contributed by atoms with Crippen molar-refractivity contribution in [3.05, 3.63) is 0 Å². The highest BCUT2D eigenvalue weighted by atomic mass is 32.1. The third-order valence-corrected chi connectivity index (χ3v) is 5.23. The Morgan fingerprint density at radius 1 is 0.714 bits per heavy atom. The SMILES string of the molecule is NC(N)=NCCCC(N)C(=O)NC(CS)C(=O)NC(CS)C(=O)NC(CCCN=C(N)N)C(=O)O. The molecule has 0 aliphatic heterocycles. The van der Waals surface area contributed by atoms with E-state index in [1.807, 2.05) is 0 Å². The first-order chi connectivity index (χ1) is 16.4. The summed E-state index contributed by atoms with van der Waals surface area (Å²) in [4.78, 5) is 56.5. The number of rotatable bonds is 17. The summed E-state index contributed by atoms with van der Waals surface area (Å²) in [6.07, 6.45) is 1.07. The molecule has 3 amide bonds. The Balaban J connectivity index is 4.89. The molecular formula is C18H36N10O5S2. The van der Waals surface area contributed by atoms with Crippen molar-refractivity contribution < 1.29 is 24.3 Å². The van der Waals surface area contributed by atoms with Crippen molar-refractivity contribution in [3.63, 3.8) is 0 Å². The van der Waals surface area contributed by atoms with Crippen molar-refractivity contribution >= 4 is 60.9 Å². The molecule has 200 valence electrons. The van der Waals surface area contributed by atoms with Gasteiger partial charge in [0.15, 0.2) is 11.9 Å². The Hall–Kier alpha value is -2.92. The maximum absolute atomic E-state index is 12.6. The van der Waals surface area contributed by atoms with E-state index in [1.54, 1.807) is 0 Å². The zero-order valence-corrected chi connectivity index (χ0v) is 21.0. The van der Waals surface area contributed by atoms with E-state index in [1.165, 1.54) is 0 Å². The quantitative estimate of drug-likeness (QED) is 0.0369. The van der Waals surface area contributed by atoms with Gasteiger partial charge < -0.3 is 49.7 Å². The molecule has 14 N–H and O–H groups in total. The monoisotopic (exact) mass is 536 g/mol. The molecule has 0 rings (SSSR count). The van der Waals surface area contributed by atoms with Crippen LogP contribution in [0.5, 0.6) is 0 Å². The second-order valence-electron chi connectivity index (χ2n) is 7.39. The van der Waals surface area contributed by atoms with Gasteiger partial charge >= 0.3 is 5.97 Å². The van der Waals surface area contributed by atoms with Crippen LogP contribution in [0.4, 0.5) is 0 Å². The normalized spacial score (nSPS) is 13.9. The van der Waals surface area contributed by atoms with Crippen LogP contribution in [-0.2, 0) is 19.2 Å². The number of nitrogens with one attached hydrogen (secondary N) is 3. The topological polar surface area (TPSA) is 279 Å². The molecule has 0 aliphatic rings. The number of nitrogens with zero attached hydrogens (tertiary/aromatic N) is 2. The minimum Gasteiger partial charge on any atom is -0.480 e. The molecule has 0 heterocycles. The molecule has 0 aromatic rings. The third kappa shape index (κ3) is 14.2. The molecule has 0 aromatic carbocycles. The van der Waals surface area contributed by atoms with Gasteiger partial charge in [0.1, 0.15) is 18.1 Å². The first kappa shape index (κ1) is 32.1. The van der Waals surface area contributed by atoms with Gasteiger partial charge in [-0.15, -0.1) is 0 Å². The lowest BCUT2D eigenvalue weighted by Crippen LogP contribution is -2.58. The van der Waals surface area contributed by atoms with E-state index in [2.05, 4.69) is 51.2 Å². The number of thiol groups is 2. The molecule has 4 unspecified atom stereocenters. The first-order valence-electron chi connectivity index (χ1n) is 10.6. The van der Waals surface area contributed by atoms with E-state index >= 15 is 0 Å². The van der Waals surface area contributed by atoms with Crippen LogP contribution in [0.2, 0.25) is 0 Å². The zero-order chi connectivity index (χ0) is 27.0. The predicted molar refractivity (Wildman–Crippen MR) is 139 cm³/mol. The molecule has 4 atom stereocenters. The number of carboxylic acid groups (broad SMARTS) is 1. The van der Waals surface area contributed by atoms with Crippen LogP contribution >= 0.6 is 25.3 Å². The molecule has 0 saturated heterocycles. The highest BCUT2D eigenvalue weighted by molar-refractivity contribution is 7.80. The number of hydrogen-bond donors (Lipinski definition) is 11. The summed E-state index contributed by atoms with van der Waals surface area (Å²) in [5.41, 5.74) is 26.7. The fraction of sp³-hybridized carbons (Fsp3) is 0.667. The van der Waals surface area contributed by atoms with E-state index in [0.717, 1.165) is 0 Å². The number of carbonyl (C=O) groups is 4. The van der Waals surface area contributed by atoms with Gasteiger partial charge in [-0.3, -0.25) is 24.4 Å². The average Bonchev–Trinajstić information content (AvgIpc) is 2.79. The van der Waals surface area contributed by atoms with E-state index in [9.17, 15) is 24.3 Å². The summed E-state index contributed by atoms with van der Waals surface area (Å²) in [5.74, 6) is -3.74. The van der Waals surface area contributed by atoms with E-state index in [-0.39, 0.29) is 42.8 Å². The fourth-order valence-corrected chi connectivity index (χ4v) is 3.14. The van der Waals surface area contributed by atoms with Crippen LogP contribution in [0.25, 0.3) is 0 Å². The van der Waals surface area contributed by atoms with E-state index in [0.29, 0.717) is 19.4 Å². The smallest absolute Gasteiger partial charge is 0.326 e. The van der Waals surface area contributed by atoms with Crippen LogP contribution in [0, 0.1) is 0 Å². The Morgan fingerprint density at radius 2 is 1.11 bits per heavy atom. The standard InChI is InChI=1S/C18H36N10O5S2/c19-9(3-1-5-24-17(20)21)13(29)27-11(7-34)15(31)28-12(8-35)14(30)26-10(16(32)33)4-2-6-25-18(22)23/h9-12,34-35H,1-8,19H2,(H,26,30)(H,27,29)(H,28,31)(H,32,33)(H4,20,21,24)(H4,22,23,25). The Morgan fingerprint density at radius 3 is 1.51 bits per heavy atom. The molecule has 0 spiro atoms. The van der Waals surface area contributed by atoms with Crippen molar-refractivity contribution in [2.24, 2.45) is 38.7 Å². The second-order valence-corrected chi connectivity index (χ2v) is 8.12. The minimum atomic E-state index is -1.26. The molecule has 0 fully saturated rings. The highest BCUT2D eigenvalue weighted by Crippen LogP contribution is 2.02. The highest BCUT2D eigenvalue weighted by Gasteiger charge is 2.29. The summed E-state index contributed by atoms with van der Waals surface area (Å²) in [7, 11) is 0. The second kappa shape index (κ2) is 17.5. The van der Waals surface area contributed by atoms with Gasteiger partial charge in [0, 0.05) is 24.6 Å². The number of aliphatic imine (C=N–C) groups is 2. The van der Waals surface area contributed by atoms with Crippen molar-refractivity contribution in [3.8, 4) is 0 Å². The average molecular weight is 537 g/mol. The van der Waals surface area contributed by atoms with Gasteiger partial charge in [0.05, 0.1) is 6.04 Å². The molecule has 0 aliphatic carbocycles. The van der Waals surface area contributed by atoms with Crippen LogP contribution in [-0.4, -0.2) is 89.5 Å². The Kier molecular flexibility index (Phi) is 16.0. The van der Waals surface area contributed by atoms with Gasteiger partial charge in [-0.2, -0.15) is 25.3 Å². The van der Waals surface area contributed by atoms with Gasteiger partial charge in [-0.25, -0.2) is 4.79 Å². The molecule has 0 bridgehead atoms. The number of hydrogen-bond acceptors (Lipinski definition) is 9. The van der Waals surface area contributed by atoms with Crippen molar-refractivity contribution in [2.75, 3.05) is 24.6 Å². The number of amides is 3. The van der Waals surface area contributed by atoms with Crippen LogP contribution in [0.3, 0.4) is 0 Å². The van der Waals surface area contributed by atoms with Crippen LogP contribution in [0.15, 0.2) is 9.98 Å².